The molecule has 6 heteroatoms. The van der Waals surface area contributed by atoms with Crippen LogP contribution in [-0.2, 0) is 20.7 Å². The number of benzene rings is 1. The number of aliphatic carboxylic acids is 1. The van der Waals surface area contributed by atoms with Gasteiger partial charge in [-0.1, -0.05) is 30.3 Å². The molecule has 2 N–H and O–H groups in total. The number of ether oxygens (including phenoxy) is 2. The molecule has 1 aromatic rings. The van der Waals surface area contributed by atoms with Crippen molar-refractivity contribution in [2.75, 3.05) is 6.61 Å². The average Bonchev–Trinajstić information content (AvgIpc) is 2.88. The second-order valence-electron chi connectivity index (χ2n) is 7.04. The first-order valence-corrected chi connectivity index (χ1v) is 8.13. The third kappa shape index (κ3) is 4.47. The number of carboxylic acids is 1. The van der Waals surface area contributed by atoms with E-state index in [0.29, 0.717) is 19.4 Å². The van der Waals surface area contributed by atoms with Crippen molar-refractivity contribution in [1.82, 2.24) is 5.32 Å². The molecule has 1 amide bonds. The van der Waals surface area contributed by atoms with E-state index in [1.165, 1.54) is 0 Å². The van der Waals surface area contributed by atoms with Crippen molar-refractivity contribution in [2.24, 2.45) is 0 Å². The summed E-state index contributed by atoms with van der Waals surface area (Å²) in [6.45, 7) is 5.50. The molecule has 2 rings (SSSR count). The zero-order valence-corrected chi connectivity index (χ0v) is 14.4. The molecule has 1 heterocycles. The normalized spacial score (nSPS) is 23.7. The molecular weight excluding hydrogens is 310 g/mol. The molecule has 6 nitrogen and oxygen atoms in total. The van der Waals surface area contributed by atoms with Gasteiger partial charge in [-0.05, 0) is 39.2 Å². The molecule has 0 aromatic heterocycles. The Labute approximate surface area is 142 Å². The van der Waals surface area contributed by atoms with E-state index in [9.17, 15) is 14.7 Å². The lowest BCUT2D eigenvalue weighted by Crippen LogP contribution is -2.60. The second kappa shape index (κ2) is 7.21. The topological polar surface area (TPSA) is 84.9 Å². The van der Waals surface area contributed by atoms with Gasteiger partial charge in [0.1, 0.15) is 5.60 Å². The van der Waals surface area contributed by atoms with Gasteiger partial charge in [-0.25, -0.2) is 9.59 Å². The van der Waals surface area contributed by atoms with Crippen LogP contribution >= 0.6 is 0 Å². The summed E-state index contributed by atoms with van der Waals surface area (Å²) < 4.78 is 10.8. The molecule has 2 unspecified atom stereocenters. The minimum Gasteiger partial charge on any atom is -0.479 e. The lowest BCUT2D eigenvalue weighted by atomic mass is 9.87. The van der Waals surface area contributed by atoms with Crippen molar-refractivity contribution in [3.05, 3.63) is 35.9 Å². The number of hydrogen-bond donors (Lipinski definition) is 2. The highest BCUT2D eigenvalue weighted by Gasteiger charge is 2.52. The Morgan fingerprint density at radius 1 is 1.33 bits per heavy atom. The summed E-state index contributed by atoms with van der Waals surface area (Å²) in [5.74, 6) is -1.09. The number of carbonyl (C=O) groups is 2. The van der Waals surface area contributed by atoms with Crippen LogP contribution in [0.15, 0.2) is 30.3 Å². The highest BCUT2D eigenvalue weighted by Crippen LogP contribution is 2.30. The number of alkyl carbamates (subject to hydrolysis) is 1. The highest BCUT2D eigenvalue weighted by molar-refractivity contribution is 5.85. The number of amides is 1. The van der Waals surface area contributed by atoms with Gasteiger partial charge in [0, 0.05) is 6.42 Å². The standard InChI is InChI=1S/C18H25NO5/c1-17(2,3)24-16(22)19-18(15(20)21)11-12-23-14(18)10-9-13-7-5-4-6-8-13/h4-8,14H,9-12H2,1-3H3,(H,19,22)(H,20,21). The fraction of sp³-hybridized carbons (Fsp3) is 0.556. The quantitative estimate of drug-likeness (QED) is 0.864. The molecule has 1 fully saturated rings. The Hall–Kier alpha value is -2.08. The summed E-state index contributed by atoms with van der Waals surface area (Å²) in [4.78, 5) is 24.0. The molecule has 0 bridgehead atoms. The predicted octanol–water partition coefficient (Wildman–Crippen LogP) is 2.76. The summed E-state index contributed by atoms with van der Waals surface area (Å²) in [5.41, 5.74) is -1.04. The van der Waals surface area contributed by atoms with Crippen LogP contribution in [0.2, 0.25) is 0 Å². The van der Waals surface area contributed by atoms with Crippen LogP contribution in [0.4, 0.5) is 4.79 Å². The summed E-state index contributed by atoms with van der Waals surface area (Å²) in [7, 11) is 0. The third-order valence-electron chi connectivity index (χ3n) is 4.01. The van der Waals surface area contributed by atoms with E-state index in [1.54, 1.807) is 20.8 Å². The molecule has 1 aromatic carbocycles. The molecule has 1 aliphatic rings. The minimum atomic E-state index is -1.45. The van der Waals surface area contributed by atoms with E-state index in [1.807, 2.05) is 30.3 Å². The number of aryl methyl sites for hydroxylation is 1. The minimum absolute atomic E-state index is 0.223. The van der Waals surface area contributed by atoms with Gasteiger partial charge in [-0.2, -0.15) is 0 Å². The fourth-order valence-electron chi connectivity index (χ4n) is 2.86. The van der Waals surface area contributed by atoms with Crippen LogP contribution in [0.1, 0.15) is 39.2 Å². The van der Waals surface area contributed by atoms with E-state index < -0.39 is 29.3 Å². The van der Waals surface area contributed by atoms with Gasteiger partial charge in [0.15, 0.2) is 5.54 Å². The lowest BCUT2D eigenvalue weighted by Gasteiger charge is -2.32. The van der Waals surface area contributed by atoms with Crippen molar-refractivity contribution >= 4 is 12.1 Å². The molecule has 1 saturated heterocycles. The van der Waals surface area contributed by atoms with Crippen LogP contribution in [0.25, 0.3) is 0 Å². The Morgan fingerprint density at radius 3 is 2.58 bits per heavy atom. The maximum atomic E-state index is 12.1. The largest absolute Gasteiger partial charge is 0.479 e. The van der Waals surface area contributed by atoms with Gasteiger partial charge in [-0.3, -0.25) is 0 Å². The van der Waals surface area contributed by atoms with Crippen LogP contribution in [0.3, 0.4) is 0 Å². The molecule has 24 heavy (non-hydrogen) atoms. The maximum Gasteiger partial charge on any atom is 0.408 e. The summed E-state index contributed by atoms with van der Waals surface area (Å²) in [6, 6.07) is 9.78. The van der Waals surface area contributed by atoms with Gasteiger partial charge in [0.25, 0.3) is 0 Å². The molecule has 1 aliphatic heterocycles. The molecule has 2 atom stereocenters. The summed E-state index contributed by atoms with van der Waals surface area (Å²) in [5, 5.41) is 12.3. The SMILES string of the molecule is CC(C)(C)OC(=O)NC1(C(=O)O)CCOC1CCc1ccccc1. The van der Waals surface area contributed by atoms with Crippen molar-refractivity contribution in [2.45, 2.75) is 57.3 Å². The highest BCUT2D eigenvalue weighted by atomic mass is 16.6. The molecular formula is C18H25NO5. The first kappa shape index (κ1) is 18.3. The van der Waals surface area contributed by atoms with Gasteiger partial charge in [0.2, 0.25) is 0 Å². The van der Waals surface area contributed by atoms with Crippen molar-refractivity contribution in [3.63, 3.8) is 0 Å². The summed E-state index contributed by atoms with van der Waals surface area (Å²) >= 11 is 0. The molecule has 132 valence electrons. The zero-order chi connectivity index (χ0) is 17.8. The van der Waals surface area contributed by atoms with Crippen molar-refractivity contribution < 1.29 is 24.2 Å². The van der Waals surface area contributed by atoms with Crippen molar-refractivity contribution in [3.8, 4) is 0 Å². The number of nitrogens with one attached hydrogen (secondary N) is 1. The second-order valence-corrected chi connectivity index (χ2v) is 7.04. The van der Waals surface area contributed by atoms with E-state index in [2.05, 4.69) is 5.32 Å². The molecule has 0 spiro atoms. The molecule has 0 aliphatic carbocycles. The van der Waals surface area contributed by atoms with Crippen LogP contribution in [0, 0.1) is 0 Å². The third-order valence-corrected chi connectivity index (χ3v) is 4.01. The number of carbonyl (C=O) groups excluding carboxylic acids is 1. The van der Waals surface area contributed by atoms with Gasteiger partial charge < -0.3 is 19.9 Å². The van der Waals surface area contributed by atoms with Gasteiger partial charge in [-0.15, -0.1) is 0 Å². The number of hydrogen-bond acceptors (Lipinski definition) is 4. The monoisotopic (exact) mass is 335 g/mol. The Morgan fingerprint density at radius 2 is 2.00 bits per heavy atom. The maximum absolute atomic E-state index is 12.1. The first-order chi connectivity index (χ1) is 11.2. The first-order valence-electron chi connectivity index (χ1n) is 8.13. The predicted molar refractivity (Wildman–Crippen MR) is 88.9 cm³/mol. The van der Waals surface area contributed by atoms with Crippen molar-refractivity contribution in [1.29, 1.82) is 0 Å². The van der Waals surface area contributed by atoms with E-state index >= 15 is 0 Å². The van der Waals surface area contributed by atoms with Gasteiger partial charge >= 0.3 is 12.1 Å². The fourth-order valence-corrected chi connectivity index (χ4v) is 2.86. The average molecular weight is 335 g/mol. The van der Waals surface area contributed by atoms with Crippen LogP contribution in [0.5, 0.6) is 0 Å². The van der Waals surface area contributed by atoms with E-state index in [4.69, 9.17) is 9.47 Å². The van der Waals surface area contributed by atoms with Crippen LogP contribution in [-0.4, -0.2) is 41.0 Å². The number of rotatable bonds is 5. The Kier molecular flexibility index (Phi) is 5.49. The van der Waals surface area contributed by atoms with E-state index in [-0.39, 0.29) is 6.42 Å². The van der Waals surface area contributed by atoms with Gasteiger partial charge in [0.05, 0.1) is 12.7 Å². The Bertz CT molecular complexity index is 581. The summed E-state index contributed by atoms with van der Waals surface area (Å²) in [6.07, 6.45) is 0.0757. The van der Waals surface area contributed by atoms with E-state index in [0.717, 1.165) is 5.56 Å². The Balaban J connectivity index is 2.08. The van der Waals surface area contributed by atoms with Crippen LogP contribution < -0.4 is 5.32 Å². The lowest BCUT2D eigenvalue weighted by molar-refractivity contribution is -0.147. The zero-order valence-electron chi connectivity index (χ0n) is 14.4. The molecule has 0 saturated carbocycles. The smallest absolute Gasteiger partial charge is 0.408 e. The number of carboxylic acid groups (broad SMARTS) is 1. The molecule has 0 radical (unpaired) electrons.